The number of carbonyl (C=O) groups is 1. The molecule has 0 radical (unpaired) electrons. The van der Waals surface area contributed by atoms with E-state index in [1.54, 1.807) is 44.7 Å². The van der Waals surface area contributed by atoms with Crippen molar-refractivity contribution in [2.45, 2.75) is 0 Å². The van der Waals surface area contributed by atoms with Crippen LogP contribution in [0.25, 0.3) is 22.4 Å². The maximum Gasteiger partial charge on any atom is 0.324 e. The normalized spacial score (nSPS) is 10.6. The monoisotopic (exact) mass is 390 g/mol. The van der Waals surface area contributed by atoms with Gasteiger partial charge in [0.25, 0.3) is 0 Å². The van der Waals surface area contributed by atoms with Crippen molar-refractivity contribution >= 4 is 28.7 Å². The second-order valence-corrected chi connectivity index (χ2v) is 6.07. The van der Waals surface area contributed by atoms with E-state index in [1.165, 1.54) is 0 Å². The molecular formula is C20H18N6O3. The molecule has 0 aliphatic rings. The average Bonchev–Trinajstić information content (AvgIpc) is 3.15. The third-order valence-electron chi connectivity index (χ3n) is 4.22. The molecule has 0 unspecified atom stereocenters. The Morgan fingerprint density at radius 1 is 1.00 bits per heavy atom. The first-order valence-corrected chi connectivity index (χ1v) is 8.74. The number of hydrogen-bond acceptors (Lipinski definition) is 6. The van der Waals surface area contributed by atoms with E-state index in [4.69, 9.17) is 9.47 Å². The zero-order chi connectivity index (χ0) is 20.2. The van der Waals surface area contributed by atoms with Gasteiger partial charge >= 0.3 is 6.03 Å². The Kier molecular flexibility index (Phi) is 4.93. The molecule has 2 amide bonds. The number of fused-ring (bicyclic) bond motifs is 1. The molecule has 3 N–H and O–H groups in total. The number of ether oxygens (including phenoxy) is 2. The zero-order valence-electron chi connectivity index (χ0n) is 15.8. The first-order valence-electron chi connectivity index (χ1n) is 8.74. The number of rotatable bonds is 5. The van der Waals surface area contributed by atoms with E-state index in [2.05, 4.69) is 30.8 Å². The minimum atomic E-state index is -0.444. The van der Waals surface area contributed by atoms with Gasteiger partial charge in [0.05, 0.1) is 26.1 Å². The van der Waals surface area contributed by atoms with Gasteiger partial charge in [-0.25, -0.2) is 14.8 Å². The summed E-state index contributed by atoms with van der Waals surface area (Å²) in [7, 11) is 3.18. The van der Waals surface area contributed by atoms with Crippen LogP contribution in [0.4, 0.5) is 16.3 Å². The Bertz CT molecular complexity index is 1160. The van der Waals surface area contributed by atoms with Crippen LogP contribution in [0.2, 0.25) is 0 Å². The fourth-order valence-corrected chi connectivity index (χ4v) is 2.76. The quantitative estimate of drug-likeness (QED) is 0.479. The zero-order valence-corrected chi connectivity index (χ0v) is 15.8. The van der Waals surface area contributed by atoms with Crippen molar-refractivity contribution in [2.75, 3.05) is 24.9 Å². The topological polar surface area (TPSA) is 114 Å². The number of H-pyrrole nitrogens is 1. The molecule has 4 rings (SSSR count). The predicted molar refractivity (Wildman–Crippen MR) is 109 cm³/mol. The summed E-state index contributed by atoms with van der Waals surface area (Å²) in [5.74, 6) is 1.75. The summed E-state index contributed by atoms with van der Waals surface area (Å²) in [5.41, 5.74) is 2.97. The Labute approximate surface area is 166 Å². The lowest BCUT2D eigenvalue weighted by Crippen LogP contribution is -2.19. The van der Waals surface area contributed by atoms with Crippen molar-refractivity contribution in [1.29, 1.82) is 0 Å². The van der Waals surface area contributed by atoms with Crippen molar-refractivity contribution in [3.05, 3.63) is 54.7 Å². The molecule has 0 atom stereocenters. The van der Waals surface area contributed by atoms with Crippen LogP contribution in [-0.2, 0) is 0 Å². The molecule has 0 aliphatic carbocycles. The van der Waals surface area contributed by atoms with Gasteiger partial charge in [0.15, 0.2) is 11.3 Å². The Hall–Kier alpha value is -4.14. The third kappa shape index (κ3) is 3.93. The molecule has 0 saturated heterocycles. The molecule has 2 aromatic heterocycles. The van der Waals surface area contributed by atoms with E-state index >= 15 is 0 Å². The van der Waals surface area contributed by atoms with Gasteiger partial charge in [-0.3, -0.25) is 10.4 Å². The van der Waals surface area contributed by atoms with Crippen molar-refractivity contribution in [1.82, 2.24) is 20.2 Å². The van der Waals surface area contributed by atoms with Gasteiger partial charge in [0.1, 0.15) is 11.5 Å². The number of hydrogen-bond donors (Lipinski definition) is 3. The Morgan fingerprint density at radius 2 is 1.79 bits per heavy atom. The highest BCUT2D eigenvalue weighted by molar-refractivity contribution is 6.03. The number of anilines is 2. The minimum absolute atomic E-state index is 0.350. The van der Waals surface area contributed by atoms with Crippen LogP contribution in [-0.4, -0.2) is 40.4 Å². The summed E-state index contributed by atoms with van der Waals surface area (Å²) >= 11 is 0. The van der Waals surface area contributed by atoms with Crippen molar-refractivity contribution < 1.29 is 14.3 Å². The van der Waals surface area contributed by atoms with E-state index in [0.717, 1.165) is 11.3 Å². The van der Waals surface area contributed by atoms with Crippen LogP contribution in [0.15, 0.2) is 54.7 Å². The molecule has 0 fully saturated rings. The first-order chi connectivity index (χ1) is 14.2. The van der Waals surface area contributed by atoms with Gasteiger partial charge in [0, 0.05) is 17.3 Å². The minimum Gasteiger partial charge on any atom is -0.497 e. The fourth-order valence-electron chi connectivity index (χ4n) is 2.76. The average molecular weight is 390 g/mol. The predicted octanol–water partition coefficient (Wildman–Crippen LogP) is 3.68. The highest BCUT2D eigenvalue weighted by atomic mass is 16.5. The molecule has 9 nitrogen and oxygen atoms in total. The molecule has 9 heteroatoms. The van der Waals surface area contributed by atoms with Crippen LogP contribution >= 0.6 is 0 Å². The van der Waals surface area contributed by atoms with Crippen LogP contribution < -0.4 is 20.1 Å². The Balaban J connectivity index is 1.56. The van der Waals surface area contributed by atoms with Gasteiger partial charge in [-0.1, -0.05) is 6.07 Å². The fraction of sp³-hybridized carbons (Fsp3) is 0.100. The van der Waals surface area contributed by atoms with E-state index < -0.39 is 6.03 Å². The van der Waals surface area contributed by atoms with Crippen LogP contribution in [0, 0.1) is 0 Å². The molecule has 0 aliphatic heterocycles. The maximum atomic E-state index is 12.4. The summed E-state index contributed by atoms with van der Waals surface area (Å²) in [6.07, 6.45) is 1.63. The van der Waals surface area contributed by atoms with Crippen molar-refractivity contribution in [2.24, 2.45) is 0 Å². The smallest absolute Gasteiger partial charge is 0.324 e. The van der Waals surface area contributed by atoms with Crippen LogP contribution in [0.1, 0.15) is 0 Å². The number of nitrogens with one attached hydrogen (secondary N) is 3. The lowest BCUT2D eigenvalue weighted by molar-refractivity contribution is 0.262. The van der Waals surface area contributed by atoms with Gasteiger partial charge in [0.2, 0.25) is 5.65 Å². The first kappa shape index (κ1) is 18.2. The number of aromatic nitrogens is 4. The number of carbonyl (C=O) groups excluding carboxylic acids is 1. The van der Waals surface area contributed by atoms with E-state index in [9.17, 15) is 4.79 Å². The lowest BCUT2D eigenvalue weighted by atomic mass is 10.1. The van der Waals surface area contributed by atoms with Gasteiger partial charge < -0.3 is 14.8 Å². The largest absolute Gasteiger partial charge is 0.497 e. The summed E-state index contributed by atoms with van der Waals surface area (Å²) in [6.45, 7) is 0. The van der Waals surface area contributed by atoms with Crippen molar-refractivity contribution in [3.8, 4) is 22.8 Å². The van der Waals surface area contributed by atoms with E-state index in [0.29, 0.717) is 34.1 Å². The molecule has 146 valence electrons. The number of urea groups is 1. The summed E-state index contributed by atoms with van der Waals surface area (Å²) in [4.78, 5) is 21.3. The molecular weight excluding hydrogens is 372 g/mol. The molecule has 2 heterocycles. The molecule has 4 aromatic rings. The second-order valence-electron chi connectivity index (χ2n) is 6.07. The summed E-state index contributed by atoms with van der Waals surface area (Å²) < 4.78 is 10.3. The summed E-state index contributed by atoms with van der Waals surface area (Å²) in [5, 5.41) is 12.3. The SMILES string of the molecule is COc1ccc(-c2cnc3n[nH]c(NC(=O)Nc4cccc(OC)c4)c3n2)cc1. The van der Waals surface area contributed by atoms with Crippen molar-refractivity contribution in [3.63, 3.8) is 0 Å². The lowest BCUT2D eigenvalue weighted by Gasteiger charge is -2.08. The number of methoxy groups -OCH3 is 2. The standard InChI is InChI=1S/C20H18N6O3/c1-28-14-8-6-12(7-9-14)16-11-21-18-17(23-16)19(26-25-18)24-20(27)22-13-4-3-5-15(10-13)29-2/h3-11H,1-2H3,(H3,21,22,24,25,26,27). The van der Waals surface area contributed by atoms with Gasteiger partial charge in [-0.05, 0) is 36.4 Å². The third-order valence-corrected chi connectivity index (χ3v) is 4.22. The molecule has 2 aromatic carbocycles. The summed E-state index contributed by atoms with van der Waals surface area (Å²) in [6, 6.07) is 14.1. The van der Waals surface area contributed by atoms with Gasteiger partial charge in [-0.2, -0.15) is 5.10 Å². The van der Waals surface area contributed by atoms with E-state index in [-0.39, 0.29) is 0 Å². The second kappa shape index (κ2) is 7.85. The van der Waals surface area contributed by atoms with E-state index in [1.807, 2.05) is 24.3 Å². The molecule has 0 bridgehead atoms. The highest BCUT2D eigenvalue weighted by Gasteiger charge is 2.13. The molecule has 0 saturated carbocycles. The van der Waals surface area contributed by atoms with Crippen LogP contribution in [0.5, 0.6) is 11.5 Å². The maximum absolute atomic E-state index is 12.4. The number of benzene rings is 2. The van der Waals surface area contributed by atoms with Gasteiger partial charge in [-0.15, -0.1) is 0 Å². The van der Waals surface area contributed by atoms with Crippen LogP contribution in [0.3, 0.4) is 0 Å². The molecule has 29 heavy (non-hydrogen) atoms. The Morgan fingerprint density at radius 3 is 2.55 bits per heavy atom. The molecule has 0 spiro atoms. The highest BCUT2D eigenvalue weighted by Crippen LogP contribution is 2.24. The number of aromatic amines is 1. The number of amides is 2. The number of nitrogens with zero attached hydrogens (tertiary/aromatic N) is 3.